The maximum atomic E-state index is 13.0. The predicted octanol–water partition coefficient (Wildman–Crippen LogP) is 6.60. The van der Waals surface area contributed by atoms with E-state index in [0.717, 1.165) is 11.3 Å². The summed E-state index contributed by atoms with van der Waals surface area (Å²) in [5, 5.41) is 9.65. The van der Waals surface area contributed by atoms with Crippen LogP contribution >= 0.6 is 35.6 Å². The molecule has 0 spiro atoms. The van der Waals surface area contributed by atoms with Gasteiger partial charge in [0.05, 0.1) is 33.9 Å². The topological polar surface area (TPSA) is 62.6 Å². The molecule has 0 aromatic heterocycles. The zero-order valence-electron chi connectivity index (χ0n) is 18.2. The number of carbonyl (C=O) groups is 1. The molecule has 0 atom stereocenters. The number of para-hydroxylation sites is 1. The largest absolute Gasteiger partial charge is 0.490 e. The molecule has 0 unspecified atom stereocenters. The van der Waals surface area contributed by atoms with Gasteiger partial charge in [-0.15, -0.1) is 0 Å². The fraction of sp³-hybridized carbons (Fsp3) is 0.115. The van der Waals surface area contributed by atoms with Gasteiger partial charge in [-0.2, -0.15) is 5.26 Å². The third-order valence-corrected chi connectivity index (χ3v) is 6.53. The van der Waals surface area contributed by atoms with Crippen LogP contribution in [0, 0.1) is 11.3 Å². The first-order valence-electron chi connectivity index (χ1n) is 10.4. The Morgan fingerprint density at radius 2 is 1.85 bits per heavy atom. The van der Waals surface area contributed by atoms with Gasteiger partial charge in [0.1, 0.15) is 6.61 Å². The summed E-state index contributed by atoms with van der Waals surface area (Å²) < 4.78 is 12.2. The van der Waals surface area contributed by atoms with Gasteiger partial charge in [0.15, 0.2) is 15.8 Å². The second-order valence-corrected chi connectivity index (χ2v) is 9.26. The minimum absolute atomic E-state index is 0.165. The van der Waals surface area contributed by atoms with E-state index in [-0.39, 0.29) is 12.5 Å². The Labute approximate surface area is 212 Å². The van der Waals surface area contributed by atoms with Crippen molar-refractivity contribution in [3.05, 3.63) is 93.3 Å². The predicted molar refractivity (Wildman–Crippen MR) is 140 cm³/mol. The quantitative estimate of drug-likeness (QED) is 0.266. The first kappa shape index (κ1) is 23.8. The van der Waals surface area contributed by atoms with E-state index in [0.29, 0.717) is 43.5 Å². The molecule has 0 bridgehead atoms. The summed E-state index contributed by atoms with van der Waals surface area (Å²) >= 11 is 13.2. The van der Waals surface area contributed by atoms with Gasteiger partial charge >= 0.3 is 0 Å². The number of thioether (sulfide) groups is 1. The van der Waals surface area contributed by atoms with Gasteiger partial charge in [0.2, 0.25) is 0 Å². The first-order chi connectivity index (χ1) is 16.5. The minimum Gasteiger partial charge on any atom is -0.490 e. The Bertz CT molecular complexity index is 1320. The number of rotatable bonds is 7. The van der Waals surface area contributed by atoms with E-state index in [9.17, 15) is 10.1 Å². The Balaban J connectivity index is 1.61. The van der Waals surface area contributed by atoms with E-state index in [1.165, 1.54) is 16.7 Å². The molecule has 1 aliphatic heterocycles. The molecule has 1 fully saturated rings. The lowest BCUT2D eigenvalue weighted by atomic mass is 10.1. The van der Waals surface area contributed by atoms with Gasteiger partial charge in [0.25, 0.3) is 5.91 Å². The molecule has 1 saturated heterocycles. The minimum atomic E-state index is -0.191. The molecule has 1 heterocycles. The molecule has 170 valence electrons. The summed E-state index contributed by atoms with van der Waals surface area (Å²) in [5.41, 5.74) is 2.69. The summed E-state index contributed by atoms with van der Waals surface area (Å²) in [6.07, 6.45) is 1.74. The smallest absolute Gasteiger partial charge is 0.270 e. The zero-order chi connectivity index (χ0) is 24.1. The molecule has 0 radical (unpaired) electrons. The van der Waals surface area contributed by atoms with Crippen LogP contribution in [0.15, 0.2) is 71.6 Å². The maximum Gasteiger partial charge on any atom is 0.270 e. The van der Waals surface area contributed by atoms with Gasteiger partial charge in [-0.3, -0.25) is 9.69 Å². The molecule has 8 heteroatoms. The van der Waals surface area contributed by atoms with Crippen LogP contribution in [0.2, 0.25) is 5.02 Å². The third-order valence-electron chi connectivity index (χ3n) is 4.95. The molecule has 0 saturated carbocycles. The number of carbonyl (C=O) groups excluding carboxylic acids is 1. The molecule has 1 amide bonds. The normalized spacial score (nSPS) is 14.4. The van der Waals surface area contributed by atoms with E-state index in [4.69, 9.17) is 33.3 Å². The van der Waals surface area contributed by atoms with Crippen LogP contribution in [-0.4, -0.2) is 16.8 Å². The first-order valence-corrected chi connectivity index (χ1v) is 12.0. The van der Waals surface area contributed by atoms with Crippen molar-refractivity contribution in [3.63, 3.8) is 0 Å². The number of benzene rings is 3. The number of nitrogens with zero attached hydrogens (tertiary/aromatic N) is 2. The van der Waals surface area contributed by atoms with Crippen LogP contribution in [0.4, 0.5) is 5.69 Å². The van der Waals surface area contributed by atoms with Crippen LogP contribution in [0.3, 0.4) is 0 Å². The van der Waals surface area contributed by atoms with E-state index >= 15 is 0 Å². The summed E-state index contributed by atoms with van der Waals surface area (Å²) in [6, 6.07) is 22.1. The molecule has 3 aromatic rings. The molecular weight excluding hydrogens is 488 g/mol. The summed E-state index contributed by atoms with van der Waals surface area (Å²) in [5.74, 6) is 0.642. The second kappa shape index (κ2) is 10.7. The van der Waals surface area contributed by atoms with Crippen LogP contribution < -0.4 is 14.4 Å². The molecule has 1 aliphatic rings. The Morgan fingerprint density at radius 1 is 1.12 bits per heavy atom. The van der Waals surface area contributed by atoms with Crippen molar-refractivity contribution in [2.45, 2.75) is 13.5 Å². The zero-order valence-corrected chi connectivity index (χ0v) is 20.5. The maximum absolute atomic E-state index is 13.0. The van der Waals surface area contributed by atoms with Crippen LogP contribution in [0.1, 0.15) is 23.6 Å². The highest BCUT2D eigenvalue weighted by molar-refractivity contribution is 8.27. The average Bonchev–Trinajstić information content (AvgIpc) is 3.12. The summed E-state index contributed by atoms with van der Waals surface area (Å²) in [6.45, 7) is 2.43. The van der Waals surface area contributed by atoms with Crippen molar-refractivity contribution >= 4 is 57.6 Å². The molecule has 34 heavy (non-hydrogen) atoms. The second-order valence-electron chi connectivity index (χ2n) is 7.17. The van der Waals surface area contributed by atoms with E-state index in [1.807, 2.05) is 49.4 Å². The summed E-state index contributed by atoms with van der Waals surface area (Å²) in [7, 11) is 0. The van der Waals surface area contributed by atoms with Gasteiger partial charge < -0.3 is 9.47 Å². The van der Waals surface area contributed by atoms with Crippen molar-refractivity contribution in [2.75, 3.05) is 11.5 Å². The number of amides is 1. The van der Waals surface area contributed by atoms with Crippen molar-refractivity contribution in [1.29, 1.82) is 5.26 Å². The van der Waals surface area contributed by atoms with Crippen molar-refractivity contribution < 1.29 is 14.3 Å². The number of ether oxygens (including phenoxy) is 2. The molecule has 4 rings (SSSR count). The van der Waals surface area contributed by atoms with Crippen LogP contribution in [-0.2, 0) is 11.4 Å². The standard InChI is InChI=1S/C26H19ClN2O3S2/c1-2-31-22-13-17(12-21(27)24(22)32-16-19-9-7-6-8-18(19)15-28)14-23-25(30)29(26(33)34-23)20-10-4-3-5-11-20/h3-14H,2,16H2,1H3/b23-14+. The molecule has 0 aliphatic carbocycles. The molecule has 3 aromatic carbocycles. The monoisotopic (exact) mass is 506 g/mol. The van der Waals surface area contributed by atoms with Crippen molar-refractivity contribution in [3.8, 4) is 17.6 Å². The van der Waals surface area contributed by atoms with Gasteiger partial charge in [-0.25, -0.2) is 0 Å². The Morgan fingerprint density at radius 3 is 2.59 bits per heavy atom. The van der Waals surface area contributed by atoms with Gasteiger partial charge in [0, 0.05) is 5.56 Å². The van der Waals surface area contributed by atoms with Crippen molar-refractivity contribution in [1.82, 2.24) is 0 Å². The molecule has 5 nitrogen and oxygen atoms in total. The number of hydrogen-bond donors (Lipinski definition) is 0. The number of anilines is 1. The molecular formula is C26H19ClN2O3S2. The summed E-state index contributed by atoms with van der Waals surface area (Å²) in [4.78, 5) is 15.0. The van der Waals surface area contributed by atoms with Crippen LogP contribution in [0.25, 0.3) is 6.08 Å². The van der Waals surface area contributed by atoms with E-state index < -0.39 is 0 Å². The van der Waals surface area contributed by atoms with E-state index in [1.54, 1.807) is 30.3 Å². The number of hydrogen-bond acceptors (Lipinski definition) is 6. The number of thiocarbonyl (C=S) groups is 1. The molecule has 0 N–H and O–H groups in total. The number of halogens is 1. The van der Waals surface area contributed by atoms with Gasteiger partial charge in [-0.1, -0.05) is 72.0 Å². The lowest BCUT2D eigenvalue weighted by Gasteiger charge is -2.15. The highest BCUT2D eigenvalue weighted by Gasteiger charge is 2.33. The van der Waals surface area contributed by atoms with Gasteiger partial charge in [-0.05, 0) is 48.9 Å². The fourth-order valence-electron chi connectivity index (χ4n) is 3.40. The Kier molecular flexibility index (Phi) is 7.53. The number of nitriles is 1. The van der Waals surface area contributed by atoms with E-state index in [2.05, 4.69) is 6.07 Å². The lowest BCUT2D eigenvalue weighted by molar-refractivity contribution is -0.113. The van der Waals surface area contributed by atoms with Crippen LogP contribution in [0.5, 0.6) is 11.5 Å². The third kappa shape index (κ3) is 5.10. The Hall–Kier alpha value is -3.31. The SMILES string of the molecule is CCOc1cc(/C=C2/SC(=S)N(c3ccccc3)C2=O)cc(Cl)c1OCc1ccccc1C#N. The highest BCUT2D eigenvalue weighted by atomic mass is 35.5. The highest BCUT2D eigenvalue weighted by Crippen LogP contribution is 2.40. The lowest BCUT2D eigenvalue weighted by Crippen LogP contribution is -2.27. The fourth-order valence-corrected chi connectivity index (χ4v) is 4.97. The van der Waals surface area contributed by atoms with Crippen molar-refractivity contribution in [2.24, 2.45) is 0 Å². The average molecular weight is 507 g/mol.